The molecule has 1 fully saturated rings. The third-order valence-corrected chi connectivity index (χ3v) is 5.27. The summed E-state index contributed by atoms with van der Waals surface area (Å²) in [4.78, 5) is 16.3. The molecule has 5 nitrogen and oxygen atoms in total. The summed E-state index contributed by atoms with van der Waals surface area (Å²) >= 11 is 1.70. The lowest BCUT2D eigenvalue weighted by Gasteiger charge is -2.40. The highest BCUT2D eigenvalue weighted by Crippen LogP contribution is 2.33. The second kappa shape index (κ2) is 6.88. The molecule has 3 heterocycles. The minimum atomic E-state index is -0.380. The van der Waals surface area contributed by atoms with Crippen LogP contribution in [0.5, 0.6) is 0 Å². The molecular weight excluding hydrogens is 313 g/mol. The van der Waals surface area contributed by atoms with E-state index in [1.807, 2.05) is 13.2 Å². The minimum Gasteiger partial charge on any atom is -0.365 e. The van der Waals surface area contributed by atoms with Gasteiger partial charge in [0, 0.05) is 37.6 Å². The van der Waals surface area contributed by atoms with E-state index < -0.39 is 0 Å². The predicted molar refractivity (Wildman–Crippen MR) is 90.0 cm³/mol. The zero-order valence-corrected chi connectivity index (χ0v) is 14.4. The smallest absolute Gasteiger partial charge is 0.182 e. The number of thiazole rings is 1. The molecule has 1 saturated heterocycles. The van der Waals surface area contributed by atoms with Crippen molar-refractivity contribution in [2.45, 2.75) is 32.7 Å². The van der Waals surface area contributed by atoms with Crippen molar-refractivity contribution in [2.24, 2.45) is 5.41 Å². The van der Waals surface area contributed by atoms with Crippen LogP contribution in [0.1, 0.15) is 30.5 Å². The Morgan fingerprint density at radius 3 is 2.78 bits per heavy atom. The van der Waals surface area contributed by atoms with E-state index in [1.165, 1.54) is 17.3 Å². The first-order valence-electron chi connectivity index (χ1n) is 7.88. The van der Waals surface area contributed by atoms with Gasteiger partial charge in [-0.25, -0.2) is 19.3 Å². The van der Waals surface area contributed by atoms with Gasteiger partial charge in [0.2, 0.25) is 0 Å². The number of hydrogen-bond acceptors (Lipinski definition) is 6. The third kappa shape index (κ3) is 4.23. The van der Waals surface area contributed by atoms with E-state index in [1.54, 1.807) is 11.3 Å². The highest BCUT2D eigenvalue weighted by atomic mass is 32.1. The average molecular weight is 335 g/mol. The molecule has 2 aromatic rings. The Labute approximate surface area is 140 Å². The molecule has 0 aromatic carbocycles. The first-order valence-corrected chi connectivity index (χ1v) is 8.69. The number of nitrogens with zero attached hydrogens (tertiary/aromatic N) is 4. The maximum absolute atomic E-state index is 13.0. The summed E-state index contributed by atoms with van der Waals surface area (Å²) in [5.74, 6) is 0.348. The normalized spacial score (nSPS) is 22.2. The Kier molecular flexibility index (Phi) is 4.87. The predicted octanol–water partition coefficient (Wildman–Crippen LogP) is 2.96. The fourth-order valence-corrected chi connectivity index (χ4v) is 4.04. The summed E-state index contributed by atoms with van der Waals surface area (Å²) in [6.07, 6.45) is 7.55. The van der Waals surface area contributed by atoms with Crippen LogP contribution >= 0.6 is 11.3 Å². The Hall–Kier alpha value is -1.60. The first-order chi connectivity index (χ1) is 11.1. The van der Waals surface area contributed by atoms with Gasteiger partial charge in [0.25, 0.3) is 0 Å². The van der Waals surface area contributed by atoms with Crippen LogP contribution in [-0.4, -0.2) is 40.0 Å². The number of rotatable bonds is 5. The van der Waals surface area contributed by atoms with E-state index in [-0.39, 0.29) is 11.2 Å². The van der Waals surface area contributed by atoms with Gasteiger partial charge in [-0.05, 0) is 24.8 Å². The van der Waals surface area contributed by atoms with Crippen LogP contribution < -0.4 is 5.32 Å². The fraction of sp³-hybridized carbons (Fsp3) is 0.562. The van der Waals surface area contributed by atoms with Crippen molar-refractivity contribution >= 4 is 16.5 Å². The summed E-state index contributed by atoms with van der Waals surface area (Å²) < 4.78 is 13.0. The van der Waals surface area contributed by atoms with Crippen LogP contribution in [0.2, 0.25) is 0 Å². The SMILES string of the molecule is CNc1ncc(CN2CCCC(C)(Cc3ncc(F)cn3)C2)s1. The second-order valence-corrected chi connectivity index (χ2v) is 7.62. The van der Waals surface area contributed by atoms with Gasteiger partial charge in [-0.2, -0.15) is 0 Å². The van der Waals surface area contributed by atoms with Crippen LogP contribution in [-0.2, 0) is 13.0 Å². The number of halogens is 1. The molecule has 1 N–H and O–H groups in total. The van der Waals surface area contributed by atoms with E-state index in [4.69, 9.17) is 0 Å². The molecule has 1 aliphatic rings. The topological polar surface area (TPSA) is 53.9 Å². The van der Waals surface area contributed by atoms with Gasteiger partial charge < -0.3 is 5.32 Å². The molecule has 3 rings (SSSR count). The van der Waals surface area contributed by atoms with Crippen LogP contribution in [0.4, 0.5) is 9.52 Å². The molecule has 0 aliphatic carbocycles. The quantitative estimate of drug-likeness (QED) is 0.910. The number of aromatic nitrogens is 3. The first kappa shape index (κ1) is 16.3. The zero-order chi connectivity index (χ0) is 16.3. The molecule has 2 aromatic heterocycles. The Morgan fingerprint density at radius 1 is 1.30 bits per heavy atom. The van der Waals surface area contributed by atoms with Gasteiger partial charge in [-0.3, -0.25) is 4.90 Å². The standard InChI is InChI=1S/C16H22FN5S/c1-16(6-14-19-7-12(17)8-20-14)4-3-5-22(11-16)10-13-9-21-15(18-2)23-13/h7-9H,3-6,10-11H2,1-2H3,(H,18,21). The number of likely N-dealkylation sites (tertiary alicyclic amines) is 1. The molecule has 23 heavy (non-hydrogen) atoms. The molecule has 0 bridgehead atoms. The maximum atomic E-state index is 13.0. The highest BCUT2D eigenvalue weighted by Gasteiger charge is 2.32. The van der Waals surface area contributed by atoms with E-state index >= 15 is 0 Å². The van der Waals surface area contributed by atoms with E-state index in [9.17, 15) is 4.39 Å². The lowest BCUT2D eigenvalue weighted by Crippen LogP contribution is -2.42. The summed E-state index contributed by atoms with van der Waals surface area (Å²) in [5, 5.41) is 4.04. The molecule has 0 amide bonds. The minimum absolute atomic E-state index is 0.132. The van der Waals surface area contributed by atoms with E-state index in [2.05, 4.69) is 32.1 Å². The number of nitrogens with one attached hydrogen (secondary N) is 1. The summed E-state index contributed by atoms with van der Waals surface area (Å²) in [5.41, 5.74) is 0.132. The van der Waals surface area contributed by atoms with Gasteiger partial charge in [0.15, 0.2) is 10.9 Å². The largest absolute Gasteiger partial charge is 0.365 e. The molecule has 1 aliphatic heterocycles. The van der Waals surface area contributed by atoms with Crippen LogP contribution in [0.15, 0.2) is 18.6 Å². The molecular formula is C16H22FN5S. The summed E-state index contributed by atoms with van der Waals surface area (Å²) in [6, 6.07) is 0. The molecule has 1 atom stereocenters. The lowest BCUT2D eigenvalue weighted by atomic mass is 9.78. The summed E-state index contributed by atoms with van der Waals surface area (Å²) in [7, 11) is 1.89. The van der Waals surface area contributed by atoms with Gasteiger partial charge >= 0.3 is 0 Å². The van der Waals surface area contributed by atoms with Crippen molar-refractivity contribution in [1.82, 2.24) is 19.9 Å². The van der Waals surface area contributed by atoms with Gasteiger partial charge in [-0.1, -0.05) is 6.92 Å². The molecule has 1 unspecified atom stereocenters. The number of piperidine rings is 1. The second-order valence-electron chi connectivity index (χ2n) is 6.50. The van der Waals surface area contributed by atoms with Crippen molar-refractivity contribution in [3.05, 3.63) is 35.1 Å². The van der Waals surface area contributed by atoms with Crippen LogP contribution in [0.25, 0.3) is 0 Å². The van der Waals surface area contributed by atoms with Gasteiger partial charge in [0.1, 0.15) is 5.82 Å². The Morgan fingerprint density at radius 2 is 2.09 bits per heavy atom. The van der Waals surface area contributed by atoms with E-state index in [0.29, 0.717) is 0 Å². The molecule has 124 valence electrons. The van der Waals surface area contributed by atoms with Crippen LogP contribution in [0, 0.1) is 11.2 Å². The molecule has 0 spiro atoms. The fourth-order valence-electron chi connectivity index (χ4n) is 3.24. The van der Waals surface area contributed by atoms with E-state index in [0.717, 1.165) is 49.9 Å². The zero-order valence-electron chi connectivity index (χ0n) is 13.5. The van der Waals surface area contributed by atoms with Gasteiger partial charge in [0.05, 0.1) is 12.4 Å². The molecule has 0 radical (unpaired) electrons. The maximum Gasteiger partial charge on any atom is 0.182 e. The monoisotopic (exact) mass is 335 g/mol. The number of hydrogen-bond donors (Lipinski definition) is 1. The summed E-state index contributed by atoms with van der Waals surface area (Å²) in [6.45, 7) is 5.31. The van der Waals surface area contributed by atoms with Crippen molar-refractivity contribution in [2.75, 3.05) is 25.5 Å². The van der Waals surface area contributed by atoms with Crippen LogP contribution in [0.3, 0.4) is 0 Å². The Balaban J connectivity index is 1.63. The lowest BCUT2D eigenvalue weighted by molar-refractivity contribution is 0.0960. The third-order valence-electron chi connectivity index (χ3n) is 4.27. The Bertz CT molecular complexity index is 644. The average Bonchev–Trinajstić information content (AvgIpc) is 2.97. The highest BCUT2D eigenvalue weighted by molar-refractivity contribution is 7.15. The van der Waals surface area contributed by atoms with Crippen molar-refractivity contribution < 1.29 is 4.39 Å². The number of anilines is 1. The van der Waals surface area contributed by atoms with Crippen molar-refractivity contribution in [3.63, 3.8) is 0 Å². The van der Waals surface area contributed by atoms with Crippen molar-refractivity contribution in [3.8, 4) is 0 Å². The van der Waals surface area contributed by atoms with Crippen molar-refractivity contribution in [1.29, 1.82) is 0 Å². The molecule has 7 heteroatoms. The van der Waals surface area contributed by atoms with Gasteiger partial charge in [-0.15, -0.1) is 11.3 Å². The molecule has 0 saturated carbocycles.